The largest absolute Gasteiger partial charge is 0.339 e. The summed E-state index contributed by atoms with van der Waals surface area (Å²) in [4.78, 5) is 15.9. The maximum Gasteiger partial charge on any atom is 0.235 e. The molecule has 1 heterocycles. The van der Waals surface area contributed by atoms with E-state index in [2.05, 4.69) is 24.5 Å². The van der Waals surface area contributed by atoms with Crippen molar-refractivity contribution in [3.05, 3.63) is 0 Å². The summed E-state index contributed by atoms with van der Waals surface area (Å²) in [6, 6.07) is 0. The quantitative estimate of drug-likeness (QED) is 0.707. The lowest BCUT2D eigenvalue weighted by atomic mass is 10.2. The van der Waals surface area contributed by atoms with Gasteiger partial charge in [-0.25, -0.2) is 0 Å². The highest BCUT2D eigenvalue weighted by molar-refractivity contribution is 7.81. The molecule has 4 heteroatoms. The van der Waals surface area contributed by atoms with Crippen LogP contribution in [0.15, 0.2) is 0 Å². The molecule has 0 radical (unpaired) electrons. The van der Waals surface area contributed by atoms with E-state index in [1.165, 1.54) is 6.42 Å². The van der Waals surface area contributed by atoms with Gasteiger partial charge in [0, 0.05) is 26.2 Å². The van der Waals surface area contributed by atoms with Crippen LogP contribution in [0.3, 0.4) is 0 Å². The lowest BCUT2D eigenvalue weighted by Gasteiger charge is -2.35. The molecule has 0 N–H and O–H groups in total. The lowest BCUT2D eigenvalue weighted by Crippen LogP contribution is -2.50. The van der Waals surface area contributed by atoms with Crippen LogP contribution in [0.4, 0.5) is 0 Å². The first-order chi connectivity index (χ1) is 6.65. The second-order valence-electron chi connectivity index (χ2n) is 3.84. The summed E-state index contributed by atoms with van der Waals surface area (Å²) in [5, 5.41) is -0.160. The zero-order chi connectivity index (χ0) is 10.6. The standard InChI is InChI=1S/C10H20N2OS/c1-3-4-11-5-7-12(8-6-11)10(13)9(2)14/h9,14H,3-8H2,1-2H3. The van der Waals surface area contributed by atoms with Crippen molar-refractivity contribution < 1.29 is 4.79 Å². The highest BCUT2D eigenvalue weighted by atomic mass is 32.1. The predicted molar refractivity (Wildman–Crippen MR) is 61.8 cm³/mol. The van der Waals surface area contributed by atoms with E-state index in [4.69, 9.17) is 0 Å². The fraction of sp³-hybridized carbons (Fsp3) is 0.900. The van der Waals surface area contributed by atoms with E-state index in [0.717, 1.165) is 32.7 Å². The van der Waals surface area contributed by atoms with Gasteiger partial charge in [-0.3, -0.25) is 9.69 Å². The van der Waals surface area contributed by atoms with Gasteiger partial charge in [0.2, 0.25) is 5.91 Å². The first-order valence-corrected chi connectivity index (χ1v) is 5.86. The molecule has 3 nitrogen and oxygen atoms in total. The molecule has 0 aromatic carbocycles. The molecule has 14 heavy (non-hydrogen) atoms. The van der Waals surface area contributed by atoms with Gasteiger partial charge < -0.3 is 4.90 Å². The lowest BCUT2D eigenvalue weighted by molar-refractivity contribution is -0.132. The highest BCUT2D eigenvalue weighted by Crippen LogP contribution is 2.06. The summed E-state index contributed by atoms with van der Waals surface area (Å²) in [6.45, 7) is 8.93. The minimum absolute atomic E-state index is 0.160. The second kappa shape index (κ2) is 5.61. The Morgan fingerprint density at radius 1 is 1.36 bits per heavy atom. The van der Waals surface area contributed by atoms with Crippen LogP contribution in [0, 0.1) is 0 Å². The van der Waals surface area contributed by atoms with Crippen molar-refractivity contribution in [2.45, 2.75) is 25.5 Å². The fourth-order valence-corrected chi connectivity index (χ4v) is 1.94. The van der Waals surface area contributed by atoms with Gasteiger partial charge in [-0.15, -0.1) is 0 Å². The highest BCUT2D eigenvalue weighted by Gasteiger charge is 2.22. The summed E-state index contributed by atoms with van der Waals surface area (Å²) < 4.78 is 0. The monoisotopic (exact) mass is 216 g/mol. The molecule has 0 spiro atoms. The molecule has 0 aromatic rings. The number of carbonyl (C=O) groups is 1. The second-order valence-corrected chi connectivity index (χ2v) is 4.62. The summed E-state index contributed by atoms with van der Waals surface area (Å²) in [5.41, 5.74) is 0. The Bertz CT molecular complexity index is 189. The third-order valence-electron chi connectivity index (χ3n) is 2.58. The van der Waals surface area contributed by atoms with Crippen LogP contribution in [-0.4, -0.2) is 53.7 Å². The molecular weight excluding hydrogens is 196 g/mol. The average molecular weight is 216 g/mol. The zero-order valence-corrected chi connectivity index (χ0v) is 9.96. The summed E-state index contributed by atoms with van der Waals surface area (Å²) in [6.07, 6.45) is 1.19. The number of hydrogen-bond acceptors (Lipinski definition) is 3. The van der Waals surface area contributed by atoms with Crippen LogP contribution < -0.4 is 0 Å². The van der Waals surface area contributed by atoms with Crippen LogP contribution >= 0.6 is 12.6 Å². The van der Waals surface area contributed by atoms with Gasteiger partial charge in [-0.05, 0) is 19.9 Å². The van der Waals surface area contributed by atoms with Crippen LogP contribution in [0.25, 0.3) is 0 Å². The van der Waals surface area contributed by atoms with Gasteiger partial charge in [0.05, 0.1) is 5.25 Å². The summed E-state index contributed by atoms with van der Waals surface area (Å²) in [7, 11) is 0. The Hall–Kier alpha value is -0.220. The molecule has 0 saturated carbocycles. The maximum atomic E-state index is 11.6. The molecule has 1 fully saturated rings. The van der Waals surface area contributed by atoms with E-state index in [9.17, 15) is 4.79 Å². The Balaban J connectivity index is 2.32. The third kappa shape index (κ3) is 3.17. The number of rotatable bonds is 3. The van der Waals surface area contributed by atoms with Crippen molar-refractivity contribution in [3.63, 3.8) is 0 Å². The number of thiol groups is 1. The molecule has 1 rings (SSSR count). The minimum atomic E-state index is -0.160. The smallest absolute Gasteiger partial charge is 0.235 e. The molecular formula is C10H20N2OS. The van der Waals surface area contributed by atoms with Gasteiger partial charge >= 0.3 is 0 Å². The molecule has 1 aliphatic heterocycles. The van der Waals surface area contributed by atoms with Gasteiger partial charge in [-0.1, -0.05) is 6.92 Å². The van der Waals surface area contributed by atoms with Crippen molar-refractivity contribution in [3.8, 4) is 0 Å². The Morgan fingerprint density at radius 3 is 2.36 bits per heavy atom. The van der Waals surface area contributed by atoms with E-state index in [1.54, 1.807) is 0 Å². The summed E-state index contributed by atoms with van der Waals surface area (Å²) >= 11 is 4.16. The number of hydrogen-bond donors (Lipinski definition) is 1. The molecule has 1 atom stereocenters. The molecule has 1 saturated heterocycles. The summed E-state index contributed by atoms with van der Waals surface area (Å²) in [5.74, 6) is 0.171. The van der Waals surface area contributed by atoms with Crippen molar-refractivity contribution in [2.24, 2.45) is 0 Å². The van der Waals surface area contributed by atoms with E-state index in [0.29, 0.717) is 0 Å². The van der Waals surface area contributed by atoms with Crippen LogP contribution in [0.2, 0.25) is 0 Å². The van der Waals surface area contributed by atoms with E-state index in [1.807, 2.05) is 11.8 Å². The molecule has 1 amide bonds. The molecule has 0 aliphatic carbocycles. The average Bonchev–Trinajstić information content (AvgIpc) is 2.18. The fourth-order valence-electron chi connectivity index (χ4n) is 1.77. The van der Waals surface area contributed by atoms with Gasteiger partial charge in [0.1, 0.15) is 0 Å². The topological polar surface area (TPSA) is 23.6 Å². The van der Waals surface area contributed by atoms with E-state index < -0.39 is 0 Å². The third-order valence-corrected chi connectivity index (χ3v) is 2.80. The predicted octanol–water partition coefficient (Wildman–Crippen LogP) is 0.859. The van der Waals surface area contributed by atoms with E-state index in [-0.39, 0.29) is 11.2 Å². The van der Waals surface area contributed by atoms with Crippen LogP contribution in [0.5, 0.6) is 0 Å². The molecule has 1 aliphatic rings. The zero-order valence-electron chi connectivity index (χ0n) is 9.07. The van der Waals surface area contributed by atoms with Gasteiger partial charge in [0.15, 0.2) is 0 Å². The van der Waals surface area contributed by atoms with Crippen molar-refractivity contribution in [1.29, 1.82) is 0 Å². The normalized spacial score (nSPS) is 20.9. The number of amides is 1. The van der Waals surface area contributed by atoms with Crippen molar-refractivity contribution >= 4 is 18.5 Å². The van der Waals surface area contributed by atoms with Crippen molar-refractivity contribution in [1.82, 2.24) is 9.80 Å². The number of carbonyl (C=O) groups excluding carboxylic acids is 1. The number of nitrogens with zero attached hydrogens (tertiary/aromatic N) is 2. The first-order valence-electron chi connectivity index (χ1n) is 5.34. The maximum absolute atomic E-state index is 11.6. The Kier molecular flexibility index (Phi) is 4.75. The SMILES string of the molecule is CCCN1CCN(C(=O)C(C)S)CC1. The molecule has 1 unspecified atom stereocenters. The van der Waals surface area contributed by atoms with Gasteiger partial charge in [-0.2, -0.15) is 12.6 Å². The number of piperazine rings is 1. The first kappa shape index (κ1) is 11.9. The Morgan fingerprint density at radius 2 is 1.93 bits per heavy atom. The van der Waals surface area contributed by atoms with Crippen LogP contribution in [-0.2, 0) is 4.79 Å². The molecule has 0 aromatic heterocycles. The van der Waals surface area contributed by atoms with Crippen LogP contribution in [0.1, 0.15) is 20.3 Å². The molecule has 82 valence electrons. The van der Waals surface area contributed by atoms with Crippen molar-refractivity contribution in [2.75, 3.05) is 32.7 Å². The Labute approximate surface area is 91.9 Å². The molecule has 0 bridgehead atoms. The minimum Gasteiger partial charge on any atom is -0.339 e. The van der Waals surface area contributed by atoms with E-state index >= 15 is 0 Å². The van der Waals surface area contributed by atoms with Gasteiger partial charge in [0.25, 0.3) is 0 Å².